The summed E-state index contributed by atoms with van der Waals surface area (Å²) in [5, 5.41) is 3.85. The molecule has 0 bridgehead atoms. The van der Waals surface area contributed by atoms with Crippen LogP contribution in [-0.2, 0) is 6.54 Å². The molecule has 2 rings (SSSR count). The first-order valence-electron chi connectivity index (χ1n) is 6.82. The lowest BCUT2D eigenvalue weighted by Gasteiger charge is -2.36. The molecule has 1 aliphatic rings. The average Bonchev–Trinajstić information content (AvgIpc) is 2.39. The van der Waals surface area contributed by atoms with Crippen molar-refractivity contribution in [3.05, 3.63) is 22.8 Å². The number of likely N-dealkylation sites (tertiary alicyclic amines) is 1. The molecular formula is C14H23ClN4. The van der Waals surface area contributed by atoms with Crippen LogP contribution in [0.25, 0.3) is 0 Å². The Kier molecular flexibility index (Phi) is 5.02. The minimum atomic E-state index is 0.538. The molecule has 0 radical (unpaired) electrons. The maximum absolute atomic E-state index is 6.37. The summed E-state index contributed by atoms with van der Waals surface area (Å²) in [7, 11) is 6.20. The molecule has 0 aromatic carbocycles. The molecule has 1 N–H and O–H groups in total. The van der Waals surface area contributed by atoms with E-state index in [0.717, 1.165) is 36.0 Å². The molecule has 106 valence electrons. The highest BCUT2D eigenvalue weighted by Crippen LogP contribution is 2.27. The average molecular weight is 283 g/mol. The number of nitrogens with zero attached hydrogens (tertiary/aromatic N) is 3. The molecule has 0 spiro atoms. The first-order valence-corrected chi connectivity index (χ1v) is 7.20. The lowest BCUT2D eigenvalue weighted by atomic mass is 10.0. The summed E-state index contributed by atoms with van der Waals surface area (Å²) in [6.45, 7) is 3.08. The van der Waals surface area contributed by atoms with Gasteiger partial charge in [0.15, 0.2) is 0 Å². The lowest BCUT2D eigenvalue weighted by Crippen LogP contribution is -2.42. The molecule has 0 saturated carbocycles. The molecule has 0 amide bonds. The van der Waals surface area contributed by atoms with E-state index in [-0.39, 0.29) is 0 Å². The van der Waals surface area contributed by atoms with Gasteiger partial charge in [0.05, 0.1) is 5.02 Å². The van der Waals surface area contributed by atoms with E-state index < -0.39 is 0 Å². The van der Waals surface area contributed by atoms with E-state index in [0.29, 0.717) is 6.04 Å². The van der Waals surface area contributed by atoms with Crippen molar-refractivity contribution in [2.75, 3.05) is 39.1 Å². The summed E-state index contributed by atoms with van der Waals surface area (Å²) < 4.78 is 0. The molecule has 1 aromatic rings. The topological polar surface area (TPSA) is 31.4 Å². The van der Waals surface area contributed by atoms with Crippen LogP contribution in [0.2, 0.25) is 5.02 Å². The molecule has 0 aliphatic carbocycles. The lowest BCUT2D eigenvalue weighted by molar-refractivity contribution is 0.252. The van der Waals surface area contributed by atoms with E-state index >= 15 is 0 Å². The first-order chi connectivity index (χ1) is 9.11. The minimum absolute atomic E-state index is 0.538. The van der Waals surface area contributed by atoms with Crippen molar-refractivity contribution in [2.24, 2.45) is 0 Å². The molecule has 1 saturated heterocycles. The Hall–Kier alpha value is -0.840. The normalized spacial score (nSPS) is 17.7. The fourth-order valence-corrected chi connectivity index (χ4v) is 2.91. The third-order valence-corrected chi connectivity index (χ3v) is 4.11. The van der Waals surface area contributed by atoms with Gasteiger partial charge < -0.3 is 15.1 Å². The Labute approximate surface area is 120 Å². The van der Waals surface area contributed by atoms with Gasteiger partial charge in [0, 0.05) is 25.8 Å². The summed E-state index contributed by atoms with van der Waals surface area (Å²) in [5.41, 5.74) is 1.12. The van der Waals surface area contributed by atoms with Gasteiger partial charge in [-0.1, -0.05) is 11.6 Å². The largest absolute Gasteiger partial charge is 0.355 e. The summed E-state index contributed by atoms with van der Waals surface area (Å²) in [6, 6.07) is 2.54. The van der Waals surface area contributed by atoms with Crippen LogP contribution in [-0.4, -0.2) is 50.2 Å². The SMILES string of the molecule is CNCc1cnc(N(C)C2CCN(C)CC2)c(Cl)c1. The van der Waals surface area contributed by atoms with Crippen LogP contribution < -0.4 is 10.2 Å². The van der Waals surface area contributed by atoms with Crippen LogP contribution >= 0.6 is 11.6 Å². The predicted octanol–water partition coefficient (Wildman–Crippen LogP) is 1.98. The summed E-state index contributed by atoms with van der Waals surface area (Å²) in [5.74, 6) is 0.899. The number of hydrogen-bond donors (Lipinski definition) is 1. The van der Waals surface area contributed by atoms with Gasteiger partial charge >= 0.3 is 0 Å². The number of hydrogen-bond acceptors (Lipinski definition) is 4. The Morgan fingerprint density at radius 3 is 2.74 bits per heavy atom. The monoisotopic (exact) mass is 282 g/mol. The fourth-order valence-electron chi connectivity index (χ4n) is 2.59. The van der Waals surface area contributed by atoms with E-state index in [1.165, 1.54) is 12.8 Å². The van der Waals surface area contributed by atoms with Crippen molar-refractivity contribution in [2.45, 2.75) is 25.4 Å². The maximum Gasteiger partial charge on any atom is 0.147 e. The van der Waals surface area contributed by atoms with Gasteiger partial charge in [0.2, 0.25) is 0 Å². The first kappa shape index (κ1) is 14.6. The van der Waals surface area contributed by atoms with Crippen molar-refractivity contribution in [3.63, 3.8) is 0 Å². The second-order valence-corrected chi connectivity index (χ2v) is 5.73. The second kappa shape index (κ2) is 6.55. The number of pyridine rings is 1. The smallest absolute Gasteiger partial charge is 0.147 e. The zero-order chi connectivity index (χ0) is 13.8. The third-order valence-electron chi connectivity index (χ3n) is 3.83. The van der Waals surface area contributed by atoms with Crippen LogP contribution in [0.4, 0.5) is 5.82 Å². The van der Waals surface area contributed by atoms with E-state index in [4.69, 9.17) is 11.6 Å². The molecule has 2 heterocycles. The number of rotatable bonds is 4. The van der Waals surface area contributed by atoms with Gasteiger partial charge in [0.1, 0.15) is 5.82 Å². The predicted molar refractivity (Wildman–Crippen MR) is 80.9 cm³/mol. The number of halogens is 1. The van der Waals surface area contributed by atoms with Crippen molar-refractivity contribution in [1.82, 2.24) is 15.2 Å². The van der Waals surface area contributed by atoms with Crippen LogP contribution in [0.1, 0.15) is 18.4 Å². The molecule has 1 aromatic heterocycles. The van der Waals surface area contributed by atoms with Crippen LogP contribution in [0, 0.1) is 0 Å². The number of nitrogens with one attached hydrogen (secondary N) is 1. The highest BCUT2D eigenvalue weighted by atomic mass is 35.5. The Balaban J connectivity index is 2.08. The highest BCUT2D eigenvalue weighted by Gasteiger charge is 2.22. The molecule has 4 nitrogen and oxygen atoms in total. The molecular weight excluding hydrogens is 260 g/mol. The van der Waals surface area contributed by atoms with Crippen LogP contribution in [0.5, 0.6) is 0 Å². The van der Waals surface area contributed by atoms with Crippen LogP contribution in [0.15, 0.2) is 12.3 Å². The quantitative estimate of drug-likeness (QED) is 0.915. The van der Waals surface area contributed by atoms with Gasteiger partial charge in [-0.05, 0) is 51.7 Å². The van der Waals surface area contributed by atoms with E-state index in [1.807, 2.05) is 19.3 Å². The highest BCUT2D eigenvalue weighted by molar-refractivity contribution is 6.33. The standard InChI is InChI=1S/C14H23ClN4/c1-16-9-11-8-13(15)14(17-10-11)19(3)12-4-6-18(2)7-5-12/h8,10,12,16H,4-7,9H2,1-3H3. The second-order valence-electron chi connectivity index (χ2n) is 5.32. The van der Waals surface area contributed by atoms with Gasteiger partial charge in [-0.15, -0.1) is 0 Å². The van der Waals surface area contributed by atoms with Crippen molar-refractivity contribution >= 4 is 17.4 Å². The molecule has 19 heavy (non-hydrogen) atoms. The zero-order valence-corrected chi connectivity index (χ0v) is 12.7. The van der Waals surface area contributed by atoms with Crippen molar-refractivity contribution < 1.29 is 0 Å². The van der Waals surface area contributed by atoms with E-state index in [9.17, 15) is 0 Å². The number of piperidine rings is 1. The molecule has 1 aliphatic heterocycles. The van der Waals surface area contributed by atoms with Gasteiger partial charge in [-0.25, -0.2) is 4.98 Å². The maximum atomic E-state index is 6.37. The van der Waals surface area contributed by atoms with Crippen molar-refractivity contribution in [1.29, 1.82) is 0 Å². The third kappa shape index (κ3) is 3.59. The molecule has 0 unspecified atom stereocenters. The summed E-state index contributed by atoms with van der Waals surface area (Å²) >= 11 is 6.37. The van der Waals surface area contributed by atoms with Crippen LogP contribution in [0.3, 0.4) is 0 Å². The van der Waals surface area contributed by atoms with Gasteiger partial charge in [0.25, 0.3) is 0 Å². The van der Waals surface area contributed by atoms with Crippen molar-refractivity contribution in [3.8, 4) is 0 Å². The number of aromatic nitrogens is 1. The summed E-state index contributed by atoms with van der Waals surface area (Å²) in [6.07, 6.45) is 4.25. The Morgan fingerprint density at radius 1 is 1.47 bits per heavy atom. The van der Waals surface area contributed by atoms with Gasteiger partial charge in [-0.3, -0.25) is 0 Å². The molecule has 1 fully saturated rings. The van der Waals surface area contributed by atoms with E-state index in [2.05, 4.69) is 34.2 Å². The fraction of sp³-hybridized carbons (Fsp3) is 0.643. The molecule has 0 atom stereocenters. The van der Waals surface area contributed by atoms with Gasteiger partial charge in [-0.2, -0.15) is 0 Å². The Bertz CT molecular complexity index is 416. The zero-order valence-electron chi connectivity index (χ0n) is 12.0. The molecule has 5 heteroatoms. The van der Waals surface area contributed by atoms with E-state index in [1.54, 1.807) is 0 Å². The Morgan fingerprint density at radius 2 is 2.16 bits per heavy atom. The number of anilines is 1. The summed E-state index contributed by atoms with van der Waals surface area (Å²) in [4.78, 5) is 9.14. The minimum Gasteiger partial charge on any atom is -0.355 e.